The van der Waals surface area contributed by atoms with Gasteiger partial charge in [0.25, 0.3) is 11.8 Å². The van der Waals surface area contributed by atoms with Gasteiger partial charge in [0, 0.05) is 5.56 Å². The molecule has 0 heterocycles. The van der Waals surface area contributed by atoms with E-state index in [1.165, 1.54) is 0 Å². The molecular formula is C11H15N3O2. The van der Waals surface area contributed by atoms with Crippen molar-refractivity contribution >= 4 is 11.8 Å². The fourth-order valence-corrected chi connectivity index (χ4v) is 1.13. The minimum Gasteiger partial charge on any atom is -0.322 e. The van der Waals surface area contributed by atoms with Crippen molar-refractivity contribution in [1.29, 1.82) is 0 Å². The van der Waals surface area contributed by atoms with E-state index in [-0.39, 0.29) is 12.5 Å². The Morgan fingerprint density at radius 3 is 2.44 bits per heavy atom. The largest absolute Gasteiger partial charge is 0.322 e. The Morgan fingerprint density at radius 1 is 1.19 bits per heavy atom. The third kappa shape index (κ3) is 3.06. The van der Waals surface area contributed by atoms with E-state index in [2.05, 4.69) is 10.9 Å². The maximum absolute atomic E-state index is 11.6. The van der Waals surface area contributed by atoms with Crippen LogP contribution in [-0.2, 0) is 4.79 Å². The minimum atomic E-state index is -0.433. The second kappa shape index (κ2) is 5.27. The van der Waals surface area contributed by atoms with Crippen LogP contribution in [0.3, 0.4) is 0 Å². The molecule has 5 heteroatoms. The Bertz CT molecular complexity index is 416. The summed E-state index contributed by atoms with van der Waals surface area (Å²) in [6.45, 7) is 3.73. The molecule has 86 valence electrons. The summed E-state index contributed by atoms with van der Waals surface area (Å²) in [6.07, 6.45) is 0. The number of hydrogen-bond donors (Lipinski definition) is 3. The molecule has 4 N–H and O–H groups in total. The first-order valence-electron chi connectivity index (χ1n) is 4.91. The van der Waals surface area contributed by atoms with Gasteiger partial charge in [-0.05, 0) is 37.1 Å². The Balaban J connectivity index is 2.66. The summed E-state index contributed by atoms with van der Waals surface area (Å²) in [7, 11) is 0. The van der Waals surface area contributed by atoms with Crippen molar-refractivity contribution in [3.63, 3.8) is 0 Å². The summed E-state index contributed by atoms with van der Waals surface area (Å²) in [4.78, 5) is 22.4. The number of benzene rings is 1. The molecule has 5 nitrogen and oxygen atoms in total. The van der Waals surface area contributed by atoms with E-state index in [4.69, 9.17) is 5.73 Å². The van der Waals surface area contributed by atoms with Crippen LogP contribution < -0.4 is 16.6 Å². The van der Waals surface area contributed by atoms with Gasteiger partial charge < -0.3 is 5.73 Å². The van der Waals surface area contributed by atoms with Gasteiger partial charge in [0.1, 0.15) is 0 Å². The summed E-state index contributed by atoms with van der Waals surface area (Å²) in [5.74, 6) is -0.790. The number of hydrogen-bond acceptors (Lipinski definition) is 3. The summed E-state index contributed by atoms with van der Waals surface area (Å²) < 4.78 is 0. The topological polar surface area (TPSA) is 84.2 Å². The zero-order valence-corrected chi connectivity index (χ0v) is 9.33. The maximum atomic E-state index is 11.6. The molecule has 0 saturated carbocycles. The van der Waals surface area contributed by atoms with Crippen LogP contribution in [0.15, 0.2) is 18.2 Å². The average molecular weight is 221 g/mol. The second-order valence-electron chi connectivity index (χ2n) is 3.51. The van der Waals surface area contributed by atoms with Crippen molar-refractivity contribution in [3.8, 4) is 0 Å². The van der Waals surface area contributed by atoms with Crippen molar-refractivity contribution < 1.29 is 9.59 Å². The van der Waals surface area contributed by atoms with E-state index in [9.17, 15) is 9.59 Å². The predicted molar refractivity (Wildman–Crippen MR) is 60.6 cm³/mol. The molecule has 16 heavy (non-hydrogen) atoms. The zero-order chi connectivity index (χ0) is 12.1. The molecule has 0 atom stereocenters. The van der Waals surface area contributed by atoms with Gasteiger partial charge >= 0.3 is 0 Å². The van der Waals surface area contributed by atoms with Crippen molar-refractivity contribution in [3.05, 3.63) is 34.9 Å². The lowest BCUT2D eigenvalue weighted by molar-refractivity contribution is -0.120. The molecule has 0 saturated heterocycles. The van der Waals surface area contributed by atoms with E-state index in [1.807, 2.05) is 19.9 Å². The molecule has 0 spiro atoms. The molecule has 0 aliphatic carbocycles. The first-order chi connectivity index (χ1) is 7.54. The molecule has 0 aliphatic heterocycles. The Morgan fingerprint density at radius 2 is 1.88 bits per heavy atom. The standard InChI is InChI=1S/C11H15N3O2/c1-7-3-4-9(5-8(7)2)11(16)14-13-10(15)6-12/h3-5H,6,12H2,1-2H3,(H,13,15)(H,14,16). The molecular weight excluding hydrogens is 206 g/mol. The van der Waals surface area contributed by atoms with Crippen molar-refractivity contribution in [1.82, 2.24) is 10.9 Å². The van der Waals surface area contributed by atoms with Crippen LogP contribution in [0.1, 0.15) is 21.5 Å². The molecule has 1 aromatic rings. The number of hydrazine groups is 1. The highest BCUT2D eigenvalue weighted by atomic mass is 16.2. The van der Waals surface area contributed by atoms with E-state index in [0.717, 1.165) is 11.1 Å². The van der Waals surface area contributed by atoms with Gasteiger partial charge in [0.15, 0.2) is 0 Å². The van der Waals surface area contributed by atoms with Crippen LogP contribution in [0.4, 0.5) is 0 Å². The highest BCUT2D eigenvalue weighted by molar-refractivity contribution is 5.95. The normalized spacial score (nSPS) is 9.69. The van der Waals surface area contributed by atoms with E-state index in [0.29, 0.717) is 5.56 Å². The number of amides is 2. The highest BCUT2D eigenvalue weighted by Gasteiger charge is 2.06. The summed E-state index contributed by atoms with van der Waals surface area (Å²) in [5.41, 5.74) is 12.2. The van der Waals surface area contributed by atoms with Gasteiger partial charge in [-0.2, -0.15) is 0 Å². The van der Waals surface area contributed by atoms with Gasteiger partial charge in [0.05, 0.1) is 6.54 Å². The van der Waals surface area contributed by atoms with Crippen molar-refractivity contribution in [2.45, 2.75) is 13.8 Å². The number of carbonyl (C=O) groups is 2. The molecule has 0 unspecified atom stereocenters. The first kappa shape index (κ1) is 12.2. The number of nitrogens with one attached hydrogen (secondary N) is 2. The number of carbonyl (C=O) groups excluding carboxylic acids is 2. The monoisotopic (exact) mass is 221 g/mol. The third-order valence-corrected chi connectivity index (χ3v) is 2.27. The quantitative estimate of drug-likeness (QED) is 0.616. The van der Waals surface area contributed by atoms with E-state index in [1.54, 1.807) is 12.1 Å². The fraction of sp³-hybridized carbons (Fsp3) is 0.273. The number of rotatable bonds is 2. The second-order valence-corrected chi connectivity index (χ2v) is 3.51. The first-order valence-corrected chi connectivity index (χ1v) is 4.91. The van der Waals surface area contributed by atoms with Crippen molar-refractivity contribution in [2.75, 3.05) is 6.54 Å². The lowest BCUT2D eigenvalue weighted by Gasteiger charge is -2.07. The molecule has 2 amide bonds. The van der Waals surface area contributed by atoms with Crippen LogP contribution in [-0.4, -0.2) is 18.4 Å². The number of aryl methyl sites for hydroxylation is 2. The molecule has 1 aromatic carbocycles. The molecule has 0 aliphatic rings. The minimum absolute atomic E-state index is 0.160. The highest BCUT2D eigenvalue weighted by Crippen LogP contribution is 2.09. The average Bonchev–Trinajstić information content (AvgIpc) is 2.29. The Kier molecular flexibility index (Phi) is 4.02. The van der Waals surface area contributed by atoms with Crippen LogP contribution in [0.5, 0.6) is 0 Å². The molecule has 0 fully saturated rings. The lowest BCUT2D eigenvalue weighted by atomic mass is 10.1. The Hall–Kier alpha value is -1.88. The lowest BCUT2D eigenvalue weighted by Crippen LogP contribution is -2.44. The van der Waals surface area contributed by atoms with Gasteiger partial charge in [-0.25, -0.2) is 0 Å². The third-order valence-electron chi connectivity index (χ3n) is 2.27. The smallest absolute Gasteiger partial charge is 0.269 e. The molecule has 0 bridgehead atoms. The van der Waals surface area contributed by atoms with Crippen LogP contribution in [0, 0.1) is 13.8 Å². The summed E-state index contributed by atoms with van der Waals surface area (Å²) in [6, 6.07) is 5.32. The van der Waals surface area contributed by atoms with Crippen LogP contribution in [0.25, 0.3) is 0 Å². The molecule has 0 radical (unpaired) electrons. The number of nitrogens with two attached hydrogens (primary N) is 1. The summed E-state index contributed by atoms with van der Waals surface area (Å²) >= 11 is 0. The van der Waals surface area contributed by atoms with Gasteiger partial charge in [-0.1, -0.05) is 6.07 Å². The van der Waals surface area contributed by atoms with Gasteiger partial charge in [-0.15, -0.1) is 0 Å². The maximum Gasteiger partial charge on any atom is 0.269 e. The fourth-order valence-electron chi connectivity index (χ4n) is 1.13. The van der Waals surface area contributed by atoms with E-state index >= 15 is 0 Å². The van der Waals surface area contributed by atoms with Crippen LogP contribution in [0.2, 0.25) is 0 Å². The van der Waals surface area contributed by atoms with Crippen molar-refractivity contribution in [2.24, 2.45) is 5.73 Å². The van der Waals surface area contributed by atoms with Gasteiger partial charge in [0.2, 0.25) is 0 Å². The van der Waals surface area contributed by atoms with E-state index < -0.39 is 5.91 Å². The molecule has 0 aromatic heterocycles. The van der Waals surface area contributed by atoms with Gasteiger partial charge in [-0.3, -0.25) is 20.4 Å². The SMILES string of the molecule is Cc1ccc(C(=O)NNC(=O)CN)cc1C. The zero-order valence-electron chi connectivity index (χ0n) is 9.33. The summed E-state index contributed by atoms with van der Waals surface area (Å²) in [5, 5.41) is 0. The van der Waals surface area contributed by atoms with Crippen LogP contribution >= 0.6 is 0 Å². The molecule has 1 rings (SSSR count). The predicted octanol–water partition coefficient (Wildman–Crippen LogP) is 0.0231. The Labute approximate surface area is 94.0 Å².